The van der Waals surface area contributed by atoms with Gasteiger partial charge in [0.05, 0.1) is 6.61 Å². The Morgan fingerprint density at radius 1 is 1.50 bits per heavy atom. The Hall–Kier alpha value is -1.63. The summed E-state index contributed by atoms with van der Waals surface area (Å²) in [6, 6.07) is 1.77. The van der Waals surface area contributed by atoms with Gasteiger partial charge in [0.1, 0.15) is 5.69 Å². The molecule has 0 aromatic carbocycles. The molecule has 0 amide bonds. The number of pyridine rings is 1. The number of hydrogen-bond donors (Lipinski definition) is 1. The van der Waals surface area contributed by atoms with Crippen molar-refractivity contribution in [3.8, 4) is 0 Å². The first-order valence-electron chi connectivity index (χ1n) is 4.15. The standard InChI is InChI=1S/C9H8F3NO3/c1-16-4-5-2-3-6(9(10,11)12)13-7(5)8(14)15/h2-3H,4H2,1H3,(H,14,15). The van der Waals surface area contributed by atoms with Crippen molar-refractivity contribution in [2.24, 2.45) is 0 Å². The lowest BCUT2D eigenvalue weighted by Gasteiger charge is -2.09. The molecule has 0 radical (unpaired) electrons. The van der Waals surface area contributed by atoms with E-state index in [9.17, 15) is 18.0 Å². The second-order valence-corrected chi connectivity index (χ2v) is 2.94. The highest BCUT2D eigenvalue weighted by Crippen LogP contribution is 2.28. The Bertz CT molecular complexity index is 403. The molecule has 1 aromatic heterocycles. The second-order valence-electron chi connectivity index (χ2n) is 2.94. The Kier molecular flexibility index (Phi) is 3.48. The summed E-state index contributed by atoms with van der Waals surface area (Å²) >= 11 is 0. The van der Waals surface area contributed by atoms with Gasteiger partial charge < -0.3 is 9.84 Å². The molecule has 7 heteroatoms. The van der Waals surface area contributed by atoms with Crippen molar-refractivity contribution in [2.75, 3.05) is 7.11 Å². The summed E-state index contributed by atoms with van der Waals surface area (Å²) < 4.78 is 41.4. The molecule has 0 fully saturated rings. The van der Waals surface area contributed by atoms with Crippen LogP contribution in [0.3, 0.4) is 0 Å². The largest absolute Gasteiger partial charge is 0.477 e. The molecule has 1 N–H and O–H groups in total. The molecule has 0 atom stereocenters. The van der Waals surface area contributed by atoms with Crippen molar-refractivity contribution in [2.45, 2.75) is 12.8 Å². The Morgan fingerprint density at radius 2 is 2.12 bits per heavy atom. The van der Waals surface area contributed by atoms with Gasteiger partial charge in [-0.3, -0.25) is 0 Å². The molecule has 1 rings (SSSR count). The van der Waals surface area contributed by atoms with Gasteiger partial charge in [-0.1, -0.05) is 6.07 Å². The van der Waals surface area contributed by atoms with Gasteiger partial charge in [-0.15, -0.1) is 0 Å². The molecule has 0 spiro atoms. The lowest BCUT2D eigenvalue weighted by atomic mass is 10.2. The second kappa shape index (κ2) is 4.48. The van der Waals surface area contributed by atoms with Crippen LogP contribution in [-0.2, 0) is 17.5 Å². The van der Waals surface area contributed by atoms with Crippen LogP contribution >= 0.6 is 0 Å². The quantitative estimate of drug-likeness (QED) is 0.869. The zero-order chi connectivity index (χ0) is 12.3. The lowest BCUT2D eigenvalue weighted by molar-refractivity contribution is -0.141. The summed E-state index contributed by atoms with van der Waals surface area (Å²) in [7, 11) is 1.31. The van der Waals surface area contributed by atoms with E-state index in [2.05, 4.69) is 9.72 Å². The van der Waals surface area contributed by atoms with Gasteiger partial charge in [0.15, 0.2) is 5.69 Å². The van der Waals surface area contributed by atoms with Crippen LogP contribution in [0, 0.1) is 0 Å². The number of carboxylic acid groups (broad SMARTS) is 1. The number of rotatable bonds is 3. The van der Waals surface area contributed by atoms with E-state index in [1.165, 1.54) is 7.11 Å². The third-order valence-electron chi connectivity index (χ3n) is 1.77. The maximum absolute atomic E-state index is 12.3. The van der Waals surface area contributed by atoms with Crippen LogP contribution in [0.1, 0.15) is 21.7 Å². The van der Waals surface area contributed by atoms with E-state index in [0.717, 1.165) is 12.1 Å². The molecular weight excluding hydrogens is 227 g/mol. The molecule has 1 heterocycles. The van der Waals surface area contributed by atoms with Gasteiger partial charge in [-0.2, -0.15) is 13.2 Å². The number of alkyl halides is 3. The summed E-state index contributed by atoms with van der Waals surface area (Å²) in [5.41, 5.74) is -1.77. The summed E-state index contributed by atoms with van der Waals surface area (Å²) in [5.74, 6) is -1.52. The highest BCUT2D eigenvalue weighted by molar-refractivity contribution is 5.87. The van der Waals surface area contributed by atoms with Gasteiger partial charge in [0.2, 0.25) is 0 Å². The van der Waals surface area contributed by atoms with Crippen LogP contribution in [0.5, 0.6) is 0 Å². The van der Waals surface area contributed by atoms with Crippen molar-refractivity contribution in [1.29, 1.82) is 0 Å². The van der Waals surface area contributed by atoms with Crippen LogP contribution in [0.15, 0.2) is 12.1 Å². The first-order chi connectivity index (χ1) is 7.36. The van der Waals surface area contributed by atoms with Gasteiger partial charge in [-0.25, -0.2) is 9.78 Å². The van der Waals surface area contributed by atoms with Crippen LogP contribution in [0.25, 0.3) is 0 Å². The van der Waals surface area contributed by atoms with E-state index in [0.29, 0.717) is 0 Å². The normalized spacial score (nSPS) is 11.5. The number of methoxy groups -OCH3 is 1. The van der Waals surface area contributed by atoms with Crippen LogP contribution in [-0.4, -0.2) is 23.2 Å². The minimum absolute atomic E-state index is 0.100. The molecule has 88 valence electrons. The maximum atomic E-state index is 12.3. The number of carboxylic acids is 1. The zero-order valence-corrected chi connectivity index (χ0v) is 8.21. The summed E-state index contributed by atoms with van der Waals surface area (Å²) in [5, 5.41) is 8.70. The van der Waals surface area contributed by atoms with Gasteiger partial charge >= 0.3 is 12.1 Å². The van der Waals surface area contributed by atoms with E-state index in [-0.39, 0.29) is 12.2 Å². The lowest BCUT2D eigenvalue weighted by Crippen LogP contribution is -2.14. The minimum atomic E-state index is -4.66. The third-order valence-corrected chi connectivity index (χ3v) is 1.77. The number of halogens is 3. The van der Waals surface area contributed by atoms with Gasteiger partial charge in [0, 0.05) is 12.7 Å². The monoisotopic (exact) mass is 235 g/mol. The molecule has 0 aliphatic rings. The predicted octanol–water partition coefficient (Wildman–Crippen LogP) is 1.95. The number of carbonyl (C=O) groups is 1. The van der Waals surface area contributed by atoms with Gasteiger partial charge in [-0.05, 0) is 6.07 Å². The van der Waals surface area contributed by atoms with E-state index in [1.54, 1.807) is 0 Å². The van der Waals surface area contributed by atoms with Crippen molar-refractivity contribution in [1.82, 2.24) is 4.98 Å². The molecule has 16 heavy (non-hydrogen) atoms. The van der Waals surface area contributed by atoms with Crippen molar-refractivity contribution in [3.63, 3.8) is 0 Å². The Labute approximate surface area is 88.7 Å². The molecule has 4 nitrogen and oxygen atoms in total. The first-order valence-corrected chi connectivity index (χ1v) is 4.15. The fourth-order valence-electron chi connectivity index (χ4n) is 1.10. The number of aromatic carboxylic acids is 1. The third kappa shape index (κ3) is 2.69. The smallest absolute Gasteiger partial charge is 0.433 e. The average molecular weight is 235 g/mol. The van der Waals surface area contributed by atoms with Crippen molar-refractivity contribution >= 4 is 5.97 Å². The van der Waals surface area contributed by atoms with Crippen LogP contribution in [0.2, 0.25) is 0 Å². The Balaban J connectivity index is 3.23. The molecule has 0 saturated carbocycles. The number of aromatic nitrogens is 1. The predicted molar refractivity (Wildman–Crippen MR) is 46.9 cm³/mol. The van der Waals surface area contributed by atoms with E-state index in [4.69, 9.17) is 5.11 Å². The number of nitrogens with zero attached hydrogens (tertiary/aromatic N) is 1. The average Bonchev–Trinajstić information content (AvgIpc) is 2.16. The summed E-state index contributed by atoms with van der Waals surface area (Å²) in [6.07, 6.45) is -4.66. The number of ether oxygens (including phenoxy) is 1. The highest BCUT2D eigenvalue weighted by Gasteiger charge is 2.33. The molecule has 0 aliphatic heterocycles. The van der Waals surface area contributed by atoms with Crippen LogP contribution in [0.4, 0.5) is 13.2 Å². The fourth-order valence-corrected chi connectivity index (χ4v) is 1.10. The number of hydrogen-bond acceptors (Lipinski definition) is 3. The van der Waals surface area contributed by atoms with E-state index < -0.39 is 23.5 Å². The Morgan fingerprint density at radius 3 is 2.56 bits per heavy atom. The molecule has 0 saturated heterocycles. The molecule has 0 aliphatic carbocycles. The summed E-state index contributed by atoms with van der Waals surface area (Å²) in [6.45, 7) is -0.104. The fraction of sp³-hybridized carbons (Fsp3) is 0.333. The topological polar surface area (TPSA) is 59.4 Å². The molecule has 0 bridgehead atoms. The molecule has 0 unspecified atom stereocenters. The van der Waals surface area contributed by atoms with Crippen LogP contribution < -0.4 is 0 Å². The molecular formula is C9H8F3NO3. The van der Waals surface area contributed by atoms with Gasteiger partial charge in [0.25, 0.3) is 0 Å². The zero-order valence-electron chi connectivity index (χ0n) is 8.21. The highest BCUT2D eigenvalue weighted by atomic mass is 19.4. The van der Waals surface area contributed by atoms with E-state index in [1.807, 2.05) is 0 Å². The van der Waals surface area contributed by atoms with E-state index >= 15 is 0 Å². The van der Waals surface area contributed by atoms with Crippen molar-refractivity contribution in [3.05, 3.63) is 29.1 Å². The SMILES string of the molecule is COCc1ccc(C(F)(F)F)nc1C(=O)O. The van der Waals surface area contributed by atoms with Crippen molar-refractivity contribution < 1.29 is 27.8 Å². The summed E-state index contributed by atoms with van der Waals surface area (Å²) in [4.78, 5) is 13.7. The first kappa shape index (κ1) is 12.4. The molecule has 1 aromatic rings. The minimum Gasteiger partial charge on any atom is -0.477 e. The maximum Gasteiger partial charge on any atom is 0.433 e.